The van der Waals surface area contributed by atoms with Gasteiger partial charge in [0.1, 0.15) is 23.0 Å². The Hall–Kier alpha value is -4.32. The minimum Gasteiger partial charge on any atom is -0.455 e. The van der Waals surface area contributed by atoms with E-state index in [0.29, 0.717) is 34.2 Å². The van der Waals surface area contributed by atoms with Gasteiger partial charge in [0.2, 0.25) is 0 Å². The molecule has 6 heteroatoms. The van der Waals surface area contributed by atoms with Crippen LogP contribution < -0.4 is 32.4 Å². The second-order valence-electron chi connectivity index (χ2n) is 7.90. The molecule has 0 unspecified atom stereocenters. The van der Waals surface area contributed by atoms with E-state index in [9.17, 15) is 0 Å². The molecule has 0 radical (unpaired) electrons. The van der Waals surface area contributed by atoms with Crippen LogP contribution in [0.4, 0.5) is 22.7 Å². The Bertz CT molecular complexity index is 1140. The van der Waals surface area contributed by atoms with Crippen LogP contribution in [0.5, 0.6) is 23.0 Å². The molecular weight excluding hydrogens is 412 g/mol. The molecule has 0 amide bonds. The molecule has 0 atom stereocenters. The first-order chi connectivity index (χ1) is 15.9. The van der Waals surface area contributed by atoms with Gasteiger partial charge < -0.3 is 32.4 Å². The maximum Gasteiger partial charge on any atom is 0.150 e. The average molecular weight is 441 g/mol. The Labute approximate surface area is 193 Å². The van der Waals surface area contributed by atoms with Crippen LogP contribution in [0, 0.1) is 0 Å². The van der Waals surface area contributed by atoms with Crippen LogP contribution in [0.1, 0.15) is 30.4 Å². The first-order valence-corrected chi connectivity index (χ1v) is 10.8. The van der Waals surface area contributed by atoms with Crippen molar-refractivity contribution in [3.8, 4) is 23.0 Å². The highest BCUT2D eigenvalue weighted by molar-refractivity contribution is 5.62. The third-order valence-corrected chi connectivity index (χ3v) is 5.50. The molecule has 33 heavy (non-hydrogen) atoms. The van der Waals surface area contributed by atoms with Crippen LogP contribution in [0.3, 0.4) is 0 Å². The molecule has 4 aromatic rings. The number of nitrogens with two attached hydrogens (primary N) is 4. The van der Waals surface area contributed by atoms with E-state index in [4.69, 9.17) is 32.4 Å². The van der Waals surface area contributed by atoms with Gasteiger partial charge in [-0.15, -0.1) is 0 Å². The van der Waals surface area contributed by atoms with Gasteiger partial charge in [-0.2, -0.15) is 0 Å². The summed E-state index contributed by atoms with van der Waals surface area (Å²) in [6.45, 7) is 2.17. The summed E-state index contributed by atoms with van der Waals surface area (Å²) in [4.78, 5) is 0. The van der Waals surface area contributed by atoms with Gasteiger partial charge in [0.25, 0.3) is 0 Å². The van der Waals surface area contributed by atoms with Gasteiger partial charge in [0.05, 0.1) is 11.4 Å². The van der Waals surface area contributed by atoms with Crippen molar-refractivity contribution in [2.45, 2.75) is 19.3 Å². The smallest absolute Gasteiger partial charge is 0.150 e. The summed E-state index contributed by atoms with van der Waals surface area (Å²) in [7, 11) is 0. The van der Waals surface area contributed by atoms with Crippen LogP contribution in [0.2, 0.25) is 0 Å². The molecule has 0 spiro atoms. The zero-order chi connectivity index (χ0) is 23.4. The Kier molecular flexibility index (Phi) is 6.26. The number of anilines is 4. The van der Waals surface area contributed by atoms with E-state index in [0.717, 1.165) is 17.9 Å². The van der Waals surface area contributed by atoms with Crippen molar-refractivity contribution >= 4 is 22.7 Å². The molecule has 0 fully saturated rings. The minimum atomic E-state index is 0.247. The Balaban J connectivity index is 1.47. The van der Waals surface area contributed by atoms with Gasteiger partial charge in [-0.3, -0.25) is 0 Å². The van der Waals surface area contributed by atoms with Crippen molar-refractivity contribution in [2.75, 3.05) is 22.9 Å². The van der Waals surface area contributed by atoms with E-state index in [1.807, 2.05) is 24.3 Å². The topological polar surface area (TPSA) is 123 Å². The fourth-order valence-corrected chi connectivity index (χ4v) is 3.77. The van der Waals surface area contributed by atoms with Crippen molar-refractivity contribution in [1.29, 1.82) is 0 Å². The molecule has 0 aromatic heterocycles. The van der Waals surface area contributed by atoms with Gasteiger partial charge in [-0.1, -0.05) is 31.2 Å². The van der Waals surface area contributed by atoms with Crippen molar-refractivity contribution in [2.24, 2.45) is 0 Å². The fraction of sp³-hybridized carbons (Fsp3) is 0.111. The van der Waals surface area contributed by atoms with Crippen LogP contribution in [0.25, 0.3) is 0 Å². The van der Waals surface area contributed by atoms with E-state index < -0.39 is 0 Å². The summed E-state index contributed by atoms with van der Waals surface area (Å²) in [5, 5.41) is 0. The first-order valence-electron chi connectivity index (χ1n) is 10.8. The molecule has 0 heterocycles. The Morgan fingerprint density at radius 2 is 0.970 bits per heavy atom. The molecule has 0 saturated carbocycles. The maximum absolute atomic E-state index is 5.99. The quantitative estimate of drug-likeness (QED) is 0.256. The average Bonchev–Trinajstić information content (AvgIpc) is 2.80. The monoisotopic (exact) mass is 440 g/mol. The molecule has 168 valence electrons. The summed E-state index contributed by atoms with van der Waals surface area (Å²) < 4.78 is 11.8. The summed E-state index contributed by atoms with van der Waals surface area (Å²) >= 11 is 0. The van der Waals surface area contributed by atoms with Gasteiger partial charge >= 0.3 is 0 Å². The second-order valence-corrected chi connectivity index (χ2v) is 7.90. The molecule has 0 aliphatic carbocycles. The molecule has 0 aliphatic heterocycles. The molecule has 0 bridgehead atoms. The van der Waals surface area contributed by atoms with Crippen molar-refractivity contribution in [3.05, 3.63) is 96.1 Å². The third kappa shape index (κ3) is 5.13. The van der Waals surface area contributed by atoms with E-state index in [-0.39, 0.29) is 5.92 Å². The normalized spacial score (nSPS) is 10.8. The van der Waals surface area contributed by atoms with Crippen molar-refractivity contribution in [3.63, 3.8) is 0 Å². The van der Waals surface area contributed by atoms with Gasteiger partial charge in [-0.25, -0.2) is 0 Å². The van der Waals surface area contributed by atoms with Gasteiger partial charge in [-0.05, 0) is 78.2 Å². The van der Waals surface area contributed by atoms with Crippen LogP contribution in [-0.4, -0.2) is 0 Å². The Morgan fingerprint density at radius 1 is 0.576 bits per heavy atom. The minimum absolute atomic E-state index is 0.247. The molecular formula is C27H28N4O2. The lowest BCUT2D eigenvalue weighted by molar-refractivity contribution is 0.484. The lowest BCUT2D eigenvalue weighted by Crippen LogP contribution is -2.00. The van der Waals surface area contributed by atoms with E-state index in [1.54, 1.807) is 36.4 Å². The first kappa shape index (κ1) is 21.9. The summed E-state index contributed by atoms with van der Waals surface area (Å²) in [5.41, 5.74) is 28.1. The van der Waals surface area contributed by atoms with Crippen LogP contribution in [-0.2, 0) is 0 Å². The lowest BCUT2D eigenvalue weighted by atomic mass is 9.89. The predicted molar refractivity (Wildman–Crippen MR) is 136 cm³/mol. The fourth-order valence-electron chi connectivity index (χ4n) is 3.77. The lowest BCUT2D eigenvalue weighted by Gasteiger charge is -2.17. The third-order valence-electron chi connectivity index (χ3n) is 5.50. The highest BCUT2D eigenvalue weighted by Crippen LogP contribution is 2.34. The van der Waals surface area contributed by atoms with Crippen LogP contribution in [0.15, 0.2) is 84.9 Å². The predicted octanol–water partition coefficient (Wildman–Crippen LogP) is 6.14. The summed E-state index contributed by atoms with van der Waals surface area (Å²) in [6, 6.07) is 26.6. The van der Waals surface area contributed by atoms with E-state index in [2.05, 4.69) is 31.2 Å². The van der Waals surface area contributed by atoms with Crippen molar-refractivity contribution in [1.82, 2.24) is 0 Å². The number of rotatable bonds is 7. The second kappa shape index (κ2) is 9.44. The molecule has 0 saturated heterocycles. The number of ether oxygens (including phenoxy) is 2. The van der Waals surface area contributed by atoms with Gasteiger partial charge in [0, 0.05) is 17.3 Å². The van der Waals surface area contributed by atoms with Crippen molar-refractivity contribution < 1.29 is 9.47 Å². The summed E-state index contributed by atoms with van der Waals surface area (Å²) in [6.07, 6.45) is 0.955. The molecule has 8 N–H and O–H groups in total. The largest absolute Gasteiger partial charge is 0.455 e. The SMILES string of the molecule is CCC(c1ccc(Oc2ccc(N)cc2N)cc1)c1ccc(Oc2ccc(N)cc2N)cc1. The van der Waals surface area contributed by atoms with Gasteiger partial charge in [0.15, 0.2) is 0 Å². The van der Waals surface area contributed by atoms with E-state index in [1.165, 1.54) is 11.1 Å². The number of nitrogen functional groups attached to an aromatic ring is 4. The molecule has 4 aromatic carbocycles. The number of hydrogen-bond donors (Lipinski definition) is 4. The summed E-state index contributed by atoms with van der Waals surface area (Å²) in [5.74, 6) is 2.85. The number of benzene rings is 4. The van der Waals surface area contributed by atoms with E-state index >= 15 is 0 Å². The number of hydrogen-bond acceptors (Lipinski definition) is 6. The Morgan fingerprint density at radius 3 is 1.30 bits per heavy atom. The van der Waals surface area contributed by atoms with Crippen LogP contribution >= 0.6 is 0 Å². The zero-order valence-electron chi connectivity index (χ0n) is 18.5. The molecule has 4 rings (SSSR count). The highest BCUT2D eigenvalue weighted by Gasteiger charge is 2.13. The maximum atomic E-state index is 5.99. The zero-order valence-corrected chi connectivity index (χ0v) is 18.5. The molecule has 0 aliphatic rings. The molecule has 6 nitrogen and oxygen atoms in total. The standard InChI is InChI=1S/C27H28N4O2/c1-2-23(17-3-9-21(10-4-17)32-26-13-7-19(28)15-24(26)30)18-5-11-22(12-6-18)33-27-14-8-20(29)16-25(27)31/h3-16,23H,2,28-31H2,1H3. The highest BCUT2D eigenvalue weighted by atomic mass is 16.5.